The predicted octanol–water partition coefficient (Wildman–Crippen LogP) is -1.02. The molecule has 0 saturated carbocycles. The van der Waals surface area contributed by atoms with Gasteiger partial charge in [0.25, 0.3) is 0 Å². The average Bonchev–Trinajstić information content (AvgIpc) is 2.90. The molecular weight excluding hydrogens is 310 g/mol. The first-order valence-electron chi connectivity index (χ1n) is 7.34. The number of carboxylic acid groups (broad SMARTS) is 1. The highest BCUT2D eigenvalue weighted by molar-refractivity contribution is 7.79. The van der Waals surface area contributed by atoms with E-state index < -0.39 is 34.0 Å². The maximum atomic E-state index is 12.2. The summed E-state index contributed by atoms with van der Waals surface area (Å²) < 4.78 is 19.7. The normalized spacial score (nSPS) is 33.5. The summed E-state index contributed by atoms with van der Waals surface area (Å²) in [6, 6.07) is -0.674. The summed E-state index contributed by atoms with van der Waals surface area (Å²) in [5.41, 5.74) is 3.84. The van der Waals surface area contributed by atoms with Crippen LogP contribution in [-0.2, 0) is 20.7 Å². The van der Waals surface area contributed by atoms with E-state index in [2.05, 4.69) is 5.32 Å². The van der Waals surface area contributed by atoms with Gasteiger partial charge in [-0.3, -0.25) is 14.9 Å². The number of carbonyl (C=O) groups is 2. The number of hydrogen-bond acceptors (Lipinski definition) is 5. The van der Waals surface area contributed by atoms with Gasteiger partial charge >= 0.3 is 5.97 Å². The molecule has 8 nitrogen and oxygen atoms in total. The number of fused-ring (bicyclic) bond motifs is 1. The number of likely N-dealkylation sites (tertiary alicyclic amines) is 1. The van der Waals surface area contributed by atoms with Crippen LogP contribution in [-0.4, -0.2) is 67.6 Å². The topological polar surface area (TPSA) is 133 Å². The number of nitrogens with zero attached hydrogens (tertiary/aromatic N) is 1. The van der Waals surface area contributed by atoms with Gasteiger partial charge < -0.3 is 20.3 Å². The van der Waals surface area contributed by atoms with Gasteiger partial charge in [-0.25, -0.2) is 4.21 Å². The van der Waals surface area contributed by atoms with E-state index in [9.17, 15) is 18.9 Å². The molecule has 5 N–H and O–H groups in total. The van der Waals surface area contributed by atoms with Crippen LogP contribution in [0, 0.1) is 5.41 Å². The van der Waals surface area contributed by atoms with Crippen molar-refractivity contribution < 1.29 is 23.5 Å². The van der Waals surface area contributed by atoms with Gasteiger partial charge in [-0.15, -0.1) is 0 Å². The Kier molecular flexibility index (Phi) is 4.90. The average molecular weight is 333 g/mol. The highest BCUT2D eigenvalue weighted by Crippen LogP contribution is 2.49. The van der Waals surface area contributed by atoms with Crippen molar-refractivity contribution in [3.05, 3.63) is 0 Å². The Hall–Kier alpha value is -1.03. The first-order chi connectivity index (χ1) is 10.2. The molecule has 1 unspecified atom stereocenters. The van der Waals surface area contributed by atoms with Crippen LogP contribution in [0.5, 0.6) is 0 Å². The fraction of sp³-hybridized carbons (Fsp3) is 0.846. The number of nitrogens with two attached hydrogens (primary N) is 1. The second kappa shape index (κ2) is 6.23. The molecule has 1 amide bonds. The number of hydrogen-bond donors (Lipinski definition) is 4. The van der Waals surface area contributed by atoms with E-state index in [1.165, 1.54) is 4.90 Å². The minimum atomic E-state index is -1.89. The van der Waals surface area contributed by atoms with Crippen molar-refractivity contribution >= 4 is 23.0 Å². The number of rotatable bonds is 6. The lowest BCUT2D eigenvalue weighted by Gasteiger charge is -2.35. The molecule has 9 heteroatoms. The van der Waals surface area contributed by atoms with Crippen LogP contribution in [0.1, 0.15) is 26.2 Å². The highest BCUT2D eigenvalue weighted by atomic mass is 32.2. The lowest BCUT2D eigenvalue weighted by Crippen LogP contribution is -2.58. The number of nitrogens with one attached hydrogen (secondary N) is 1. The monoisotopic (exact) mass is 333 g/mol. The van der Waals surface area contributed by atoms with Crippen LogP contribution in [0.3, 0.4) is 0 Å². The Morgan fingerprint density at radius 1 is 1.45 bits per heavy atom. The maximum Gasteiger partial charge on any atom is 0.326 e. The zero-order valence-electron chi connectivity index (χ0n) is 12.6. The molecule has 0 spiro atoms. The molecule has 126 valence electrons. The summed E-state index contributed by atoms with van der Waals surface area (Å²) >= 11 is -1.89. The van der Waals surface area contributed by atoms with Crippen molar-refractivity contribution in [2.24, 2.45) is 11.1 Å². The highest BCUT2D eigenvalue weighted by Gasteiger charge is 2.65. The van der Waals surface area contributed by atoms with E-state index in [0.29, 0.717) is 32.4 Å². The van der Waals surface area contributed by atoms with Crippen LogP contribution in [0.25, 0.3) is 0 Å². The van der Waals surface area contributed by atoms with Crippen LogP contribution in [0.15, 0.2) is 0 Å². The van der Waals surface area contributed by atoms with Crippen LogP contribution >= 0.6 is 0 Å². The number of carbonyl (C=O) groups excluding carboxylic acids is 1. The third kappa shape index (κ3) is 2.78. The Labute approximate surface area is 131 Å². The molecule has 2 heterocycles. The lowest BCUT2D eigenvalue weighted by molar-refractivity contribution is -0.147. The van der Waals surface area contributed by atoms with Crippen LogP contribution in [0.4, 0.5) is 0 Å². The fourth-order valence-electron chi connectivity index (χ4n) is 3.83. The Morgan fingerprint density at radius 2 is 2.14 bits per heavy atom. The third-order valence-electron chi connectivity index (χ3n) is 4.90. The molecule has 2 aliphatic heterocycles. The van der Waals surface area contributed by atoms with Crippen molar-refractivity contribution in [3.63, 3.8) is 0 Å². The van der Waals surface area contributed by atoms with Gasteiger partial charge in [-0.2, -0.15) is 0 Å². The van der Waals surface area contributed by atoms with Crippen molar-refractivity contribution in [2.45, 2.75) is 37.8 Å². The quantitative estimate of drug-likeness (QED) is 0.457. The minimum absolute atomic E-state index is 0.0882. The maximum absolute atomic E-state index is 12.2. The fourth-order valence-corrected chi connectivity index (χ4v) is 4.22. The third-order valence-corrected chi connectivity index (χ3v) is 5.54. The molecule has 22 heavy (non-hydrogen) atoms. The zero-order valence-corrected chi connectivity index (χ0v) is 13.4. The summed E-state index contributed by atoms with van der Waals surface area (Å²) in [7, 11) is 0. The van der Waals surface area contributed by atoms with Gasteiger partial charge in [0.15, 0.2) is 11.1 Å². The largest absolute Gasteiger partial charge is 0.480 e. The van der Waals surface area contributed by atoms with E-state index in [-0.39, 0.29) is 18.2 Å². The van der Waals surface area contributed by atoms with Gasteiger partial charge in [-0.1, -0.05) is 0 Å². The van der Waals surface area contributed by atoms with Gasteiger partial charge in [0.05, 0.1) is 12.6 Å². The van der Waals surface area contributed by atoms with Gasteiger partial charge in [0, 0.05) is 17.7 Å². The van der Waals surface area contributed by atoms with E-state index in [4.69, 9.17) is 10.3 Å². The SMILES string of the molecule is C[C@H](N)C(=O)N1C[C@@]2(CCCS(=O)O)CCN[C@@]2(C(=O)O)C1. The number of carboxylic acids is 1. The minimum Gasteiger partial charge on any atom is -0.480 e. The van der Waals surface area contributed by atoms with Crippen molar-refractivity contribution in [1.29, 1.82) is 0 Å². The van der Waals surface area contributed by atoms with Crippen molar-refractivity contribution in [2.75, 3.05) is 25.4 Å². The van der Waals surface area contributed by atoms with E-state index in [1.54, 1.807) is 6.92 Å². The van der Waals surface area contributed by atoms with E-state index in [0.717, 1.165) is 0 Å². The molecule has 0 aliphatic carbocycles. The van der Waals surface area contributed by atoms with Gasteiger partial charge in [0.1, 0.15) is 5.54 Å². The van der Waals surface area contributed by atoms with E-state index >= 15 is 0 Å². The molecule has 0 aromatic rings. The lowest BCUT2D eigenvalue weighted by atomic mass is 9.70. The zero-order chi connectivity index (χ0) is 16.5. The smallest absolute Gasteiger partial charge is 0.326 e. The van der Waals surface area contributed by atoms with Gasteiger partial charge in [-0.05, 0) is 32.7 Å². The molecule has 2 rings (SSSR count). The molecule has 0 aromatic carbocycles. The first kappa shape index (κ1) is 17.3. The summed E-state index contributed by atoms with van der Waals surface area (Å²) in [6.07, 6.45) is 1.56. The van der Waals surface area contributed by atoms with Crippen LogP contribution in [0.2, 0.25) is 0 Å². The predicted molar refractivity (Wildman–Crippen MR) is 80.5 cm³/mol. The Bertz CT molecular complexity index is 500. The molecule has 4 atom stereocenters. The second-order valence-electron chi connectivity index (χ2n) is 6.28. The molecular formula is C13H23N3O5S. The molecule has 0 radical (unpaired) electrons. The standard InChI is InChI=1S/C13H23N3O5S/c1-9(14)10(17)16-7-12(3-2-6-22(20)21)4-5-15-13(12,8-16)11(18)19/h9,15H,2-8,14H2,1H3,(H,18,19)(H,20,21)/t9-,12+,13+/m0/s1. The summed E-state index contributed by atoms with van der Waals surface area (Å²) in [4.78, 5) is 25.6. The summed E-state index contributed by atoms with van der Waals surface area (Å²) in [6.45, 7) is 2.56. The van der Waals surface area contributed by atoms with Crippen LogP contribution < -0.4 is 11.1 Å². The van der Waals surface area contributed by atoms with Crippen molar-refractivity contribution in [3.8, 4) is 0 Å². The second-order valence-corrected chi connectivity index (χ2v) is 7.33. The Balaban J connectivity index is 2.24. The molecule has 2 aliphatic rings. The Morgan fingerprint density at radius 3 is 2.68 bits per heavy atom. The summed E-state index contributed by atoms with van der Waals surface area (Å²) in [5, 5.41) is 12.8. The first-order valence-corrected chi connectivity index (χ1v) is 8.62. The molecule has 2 fully saturated rings. The molecule has 0 aromatic heterocycles. The molecule has 0 bridgehead atoms. The van der Waals surface area contributed by atoms with E-state index in [1.807, 2.05) is 0 Å². The summed E-state index contributed by atoms with van der Waals surface area (Å²) in [5.74, 6) is -1.13. The molecule has 2 saturated heterocycles. The number of aliphatic carboxylic acids is 1. The van der Waals surface area contributed by atoms with Gasteiger partial charge in [0.2, 0.25) is 5.91 Å². The van der Waals surface area contributed by atoms with Crippen molar-refractivity contribution in [1.82, 2.24) is 10.2 Å². The number of amides is 1.